The Morgan fingerprint density at radius 3 is 3.15 bits per heavy atom. The van der Waals surface area contributed by atoms with Crippen LogP contribution in [0.1, 0.15) is 42.7 Å². The molecule has 2 heterocycles. The highest BCUT2D eigenvalue weighted by molar-refractivity contribution is 5.90. The summed E-state index contributed by atoms with van der Waals surface area (Å²) in [5, 5.41) is 7.55. The second-order valence-corrected chi connectivity index (χ2v) is 5.07. The summed E-state index contributed by atoms with van der Waals surface area (Å²) in [5.74, 6) is -0.317. The third-order valence-corrected chi connectivity index (χ3v) is 3.67. The molecule has 1 aromatic heterocycles. The molecule has 20 heavy (non-hydrogen) atoms. The van der Waals surface area contributed by atoms with E-state index in [1.165, 1.54) is 0 Å². The van der Waals surface area contributed by atoms with Crippen molar-refractivity contribution in [3.8, 4) is 0 Å². The van der Waals surface area contributed by atoms with Crippen molar-refractivity contribution in [1.82, 2.24) is 15.1 Å². The molecule has 2 rings (SSSR count). The van der Waals surface area contributed by atoms with Crippen LogP contribution in [0.25, 0.3) is 0 Å². The lowest BCUT2D eigenvalue weighted by atomic mass is 10.1. The molecule has 0 bridgehead atoms. The average molecular weight is 281 g/mol. The van der Waals surface area contributed by atoms with E-state index in [0.29, 0.717) is 18.7 Å². The first-order chi connectivity index (χ1) is 9.63. The van der Waals surface area contributed by atoms with Gasteiger partial charge in [0.1, 0.15) is 5.56 Å². The minimum Gasteiger partial charge on any atom is -0.462 e. The number of nitrogens with one attached hydrogen (secondary N) is 1. The minimum absolute atomic E-state index is 0.252. The molecule has 112 valence electrons. The molecule has 1 N–H and O–H groups in total. The molecule has 1 saturated heterocycles. The van der Waals surface area contributed by atoms with Gasteiger partial charge in [-0.3, -0.25) is 4.68 Å². The Balaban J connectivity index is 1.97. The summed E-state index contributed by atoms with van der Waals surface area (Å²) in [7, 11) is 1.83. The summed E-state index contributed by atoms with van der Waals surface area (Å²) < 4.78 is 12.4. The number of aromatic nitrogens is 2. The first-order valence-corrected chi connectivity index (χ1v) is 7.16. The molecule has 0 aliphatic carbocycles. The highest BCUT2D eigenvalue weighted by atomic mass is 16.5. The molecule has 2 atom stereocenters. The lowest BCUT2D eigenvalue weighted by molar-refractivity contribution is 0.0524. The van der Waals surface area contributed by atoms with Gasteiger partial charge in [-0.1, -0.05) is 0 Å². The predicted molar refractivity (Wildman–Crippen MR) is 74.4 cm³/mol. The number of hydrogen-bond acceptors (Lipinski definition) is 5. The van der Waals surface area contributed by atoms with Gasteiger partial charge in [0.15, 0.2) is 0 Å². The maximum atomic E-state index is 11.9. The van der Waals surface area contributed by atoms with E-state index in [2.05, 4.69) is 17.3 Å². The fourth-order valence-corrected chi connectivity index (χ4v) is 2.44. The van der Waals surface area contributed by atoms with Gasteiger partial charge in [0, 0.05) is 26.2 Å². The largest absolute Gasteiger partial charge is 0.462 e. The van der Waals surface area contributed by atoms with Crippen LogP contribution in [0.5, 0.6) is 0 Å². The average Bonchev–Trinajstić information content (AvgIpc) is 3.06. The van der Waals surface area contributed by atoms with E-state index < -0.39 is 0 Å². The van der Waals surface area contributed by atoms with Gasteiger partial charge >= 0.3 is 5.97 Å². The fraction of sp³-hybridized carbons (Fsp3) is 0.714. The van der Waals surface area contributed by atoms with Crippen LogP contribution >= 0.6 is 0 Å². The molecular formula is C14H23N3O3. The molecule has 6 heteroatoms. The van der Waals surface area contributed by atoms with Crippen molar-refractivity contribution < 1.29 is 14.3 Å². The van der Waals surface area contributed by atoms with Crippen LogP contribution in [0.15, 0.2) is 6.20 Å². The zero-order valence-electron chi connectivity index (χ0n) is 12.4. The number of nitrogens with zero attached hydrogens (tertiary/aromatic N) is 2. The molecule has 1 aromatic rings. The quantitative estimate of drug-likeness (QED) is 0.795. The van der Waals surface area contributed by atoms with E-state index in [4.69, 9.17) is 9.47 Å². The van der Waals surface area contributed by atoms with E-state index in [-0.39, 0.29) is 18.1 Å². The molecule has 0 radical (unpaired) electrons. The first kappa shape index (κ1) is 15.0. The van der Waals surface area contributed by atoms with Crippen LogP contribution in [0.3, 0.4) is 0 Å². The fourth-order valence-electron chi connectivity index (χ4n) is 2.44. The number of hydrogen-bond donors (Lipinski definition) is 1. The van der Waals surface area contributed by atoms with Gasteiger partial charge in [-0.05, 0) is 26.7 Å². The summed E-state index contributed by atoms with van der Waals surface area (Å²) >= 11 is 0. The SMILES string of the molecule is CCOC(=O)c1cnn(C)c1CNC(C)C1CCCO1. The number of aryl methyl sites for hydroxylation is 1. The standard InChI is InChI=1S/C14H23N3O3/c1-4-19-14(18)11-8-16-17(3)12(11)9-15-10(2)13-6-5-7-20-13/h8,10,13,15H,4-7,9H2,1-3H3. The van der Waals surface area contributed by atoms with Gasteiger partial charge in [0.05, 0.1) is 24.6 Å². The van der Waals surface area contributed by atoms with E-state index in [1.54, 1.807) is 17.8 Å². The minimum atomic E-state index is -0.317. The zero-order chi connectivity index (χ0) is 14.5. The number of carbonyl (C=O) groups is 1. The Morgan fingerprint density at radius 2 is 2.50 bits per heavy atom. The van der Waals surface area contributed by atoms with Crippen molar-refractivity contribution in [3.05, 3.63) is 17.5 Å². The van der Waals surface area contributed by atoms with Gasteiger partial charge in [-0.15, -0.1) is 0 Å². The molecule has 1 aliphatic heterocycles. The second kappa shape index (κ2) is 6.85. The molecule has 1 fully saturated rings. The van der Waals surface area contributed by atoms with Crippen LogP contribution in [-0.4, -0.2) is 41.1 Å². The summed E-state index contributed by atoms with van der Waals surface area (Å²) in [6.45, 7) is 5.69. The molecule has 6 nitrogen and oxygen atoms in total. The van der Waals surface area contributed by atoms with Crippen molar-refractivity contribution in [2.45, 2.75) is 45.4 Å². The monoisotopic (exact) mass is 281 g/mol. The van der Waals surface area contributed by atoms with Crippen LogP contribution < -0.4 is 5.32 Å². The normalized spacial score (nSPS) is 20.1. The van der Waals surface area contributed by atoms with Crippen molar-refractivity contribution in [1.29, 1.82) is 0 Å². The zero-order valence-corrected chi connectivity index (χ0v) is 12.4. The van der Waals surface area contributed by atoms with E-state index >= 15 is 0 Å². The molecule has 1 aliphatic rings. The van der Waals surface area contributed by atoms with Gasteiger partial charge < -0.3 is 14.8 Å². The second-order valence-electron chi connectivity index (χ2n) is 5.07. The number of carbonyl (C=O) groups excluding carboxylic acids is 1. The Morgan fingerprint density at radius 1 is 1.70 bits per heavy atom. The van der Waals surface area contributed by atoms with E-state index in [0.717, 1.165) is 25.1 Å². The molecule has 0 saturated carbocycles. The molecule has 0 amide bonds. The Hall–Kier alpha value is -1.40. The summed E-state index contributed by atoms with van der Waals surface area (Å²) in [4.78, 5) is 11.9. The predicted octanol–water partition coefficient (Wildman–Crippen LogP) is 1.25. The van der Waals surface area contributed by atoms with E-state index in [9.17, 15) is 4.79 Å². The summed E-state index contributed by atoms with van der Waals surface area (Å²) in [6, 6.07) is 0.252. The lowest BCUT2D eigenvalue weighted by Gasteiger charge is -2.20. The van der Waals surface area contributed by atoms with Crippen molar-refractivity contribution in [2.24, 2.45) is 7.05 Å². The molecule has 0 spiro atoms. The Labute approximate surface area is 119 Å². The van der Waals surface area contributed by atoms with Crippen LogP contribution in [0.4, 0.5) is 0 Å². The third-order valence-electron chi connectivity index (χ3n) is 3.67. The maximum absolute atomic E-state index is 11.9. The van der Waals surface area contributed by atoms with Crippen molar-refractivity contribution in [3.63, 3.8) is 0 Å². The lowest BCUT2D eigenvalue weighted by Crippen LogP contribution is -2.37. The highest BCUT2D eigenvalue weighted by Crippen LogP contribution is 2.16. The van der Waals surface area contributed by atoms with Gasteiger partial charge in [-0.2, -0.15) is 5.10 Å². The summed E-state index contributed by atoms with van der Waals surface area (Å²) in [5.41, 5.74) is 1.37. The van der Waals surface area contributed by atoms with E-state index in [1.807, 2.05) is 7.05 Å². The van der Waals surface area contributed by atoms with Gasteiger partial charge in [0.2, 0.25) is 0 Å². The first-order valence-electron chi connectivity index (χ1n) is 7.16. The Kier molecular flexibility index (Phi) is 5.14. The van der Waals surface area contributed by atoms with Gasteiger partial charge in [-0.25, -0.2) is 4.79 Å². The smallest absolute Gasteiger partial charge is 0.341 e. The number of ether oxygens (including phenoxy) is 2. The van der Waals surface area contributed by atoms with Gasteiger partial charge in [0.25, 0.3) is 0 Å². The number of esters is 1. The van der Waals surface area contributed by atoms with Crippen LogP contribution in [0.2, 0.25) is 0 Å². The third kappa shape index (κ3) is 3.37. The van der Waals surface area contributed by atoms with Crippen LogP contribution in [0, 0.1) is 0 Å². The van der Waals surface area contributed by atoms with Crippen molar-refractivity contribution >= 4 is 5.97 Å². The highest BCUT2D eigenvalue weighted by Gasteiger charge is 2.23. The van der Waals surface area contributed by atoms with Crippen molar-refractivity contribution in [2.75, 3.05) is 13.2 Å². The number of rotatable bonds is 6. The summed E-state index contributed by atoms with van der Waals surface area (Å²) in [6.07, 6.45) is 4.03. The maximum Gasteiger partial charge on any atom is 0.341 e. The molecular weight excluding hydrogens is 258 g/mol. The van der Waals surface area contributed by atoms with Crippen LogP contribution in [-0.2, 0) is 23.1 Å². The topological polar surface area (TPSA) is 65.4 Å². The molecule has 0 aromatic carbocycles. The Bertz CT molecular complexity index is 453. The molecule has 2 unspecified atom stereocenters.